The Labute approximate surface area is 135 Å². The standard InChI is InChI=1S/C13H16BBrF3NO3/c1-11(2)12(3,4)22-14(21-11)8-5-7(20-13(16,17)18)6-9(15)10(8)19/h5-6H,19H2,1-4H3. The van der Waals surface area contributed by atoms with E-state index in [1.165, 1.54) is 6.07 Å². The molecule has 0 spiro atoms. The average molecular weight is 382 g/mol. The van der Waals surface area contributed by atoms with Gasteiger partial charge in [0.1, 0.15) is 5.75 Å². The second-order valence-electron chi connectivity index (χ2n) is 6.04. The number of ether oxygens (including phenoxy) is 1. The number of anilines is 1. The smallest absolute Gasteiger partial charge is 0.406 e. The molecule has 22 heavy (non-hydrogen) atoms. The highest BCUT2D eigenvalue weighted by molar-refractivity contribution is 9.10. The van der Waals surface area contributed by atoms with Gasteiger partial charge in [-0.15, -0.1) is 13.2 Å². The van der Waals surface area contributed by atoms with Gasteiger partial charge in [0.25, 0.3) is 0 Å². The van der Waals surface area contributed by atoms with Crippen LogP contribution in [0.3, 0.4) is 0 Å². The largest absolute Gasteiger partial charge is 0.573 e. The molecule has 0 aliphatic carbocycles. The Morgan fingerprint density at radius 1 is 1.14 bits per heavy atom. The van der Waals surface area contributed by atoms with Gasteiger partial charge in [0.05, 0.1) is 11.2 Å². The van der Waals surface area contributed by atoms with Crippen LogP contribution < -0.4 is 15.9 Å². The fourth-order valence-electron chi connectivity index (χ4n) is 1.97. The minimum absolute atomic E-state index is 0.244. The molecule has 9 heteroatoms. The van der Waals surface area contributed by atoms with Gasteiger partial charge in [-0.25, -0.2) is 0 Å². The van der Waals surface area contributed by atoms with Crippen LogP contribution in [0.15, 0.2) is 16.6 Å². The maximum absolute atomic E-state index is 12.4. The molecular weight excluding hydrogens is 366 g/mol. The van der Waals surface area contributed by atoms with Gasteiger partial charge in [0.2, 0.25) is 0 Å². The van der Waals surface area contributed by atoms with Gasteiger partial charge in [-0.2, -0.15) is 0 Å². The summed E-state index contributed by atoms with van der Waals surface area (Å²) in [7, 11) is -0.877. The van der Waals surface area contributed by atoms with E-state index in [-0.39, 0.29) is 15.6 Å². The number of alkyl halides is 3. The van der Waals surface area contributed by atoms with Crippen molar-refractivity contribution in [1.82, 2.24) is 0 Å². The molecule has 1 saturated heterocycles. The van der Waals surface area contributed by atoms with Crippen LogP contribution in [0.4, 0.5) is 18.9 Å². The molecule has 2 N–H and O–H groups in total. The van der Waals surface area contributed by atoms with Gasteiger partial charge >= 0.3 is 13.5 Å². The normalized spacial score (nSPS) is 20.3. The monoisotopic (exact) mass is 381 g/mol. The molecule has 0 saturated carbocycles. The molecule has 1 heterocycles. The van der Waals surface area contributed by atoms with Crippen LogP contribution in [-0.4, -0.2) is 24.7 Å². The summed E-state index contributed by atoms with van der Waals surface area (Å²) in [5.41, 5.74) is 5.20. The number of rotatable bonds is 2. The minimum atomic E-state index is -4.79. The molecule has 0 amide bonds. The summed E-state index contributed by atoms with van der Waals surface area (Å²) in [6.07, 6.45) is -4.79. The Morgan fingerprint density at radius 2 is 1.64 bits per heavy atom. The molecule has 122 valence electrons. The maximum atomic E-state index is 12.4. The molecule has 0 radical (unpaired) electrons. The van der Waals surface area contributed by atoms with E-state index >= 15 is 0 Å². The fourth-order valence-corrected chi connectivity index (χ4v) is 2.43. The topological polar surface area (TPSA) is 53.7 Å². The van der Waals surface area contributed by atoms with Gasteiger partial charge in [-0.3, -0.25) is 0 Å². The molecule has 0 aromatic heterocycles. The summed E-state index contributed by atoms with van der Waals surface area (Å²) in [6.45, 7) is 7.37. The zero-order chi connectivity index (χ0) is 16.9. The predicted octanol–water partition coefficient (Wildman–Crippen LogP) is 3.23. The lowest BCUT2D eigenvalue weighted by molar-refractivity contribution is -0.274. The summed E-state index contributed by atoms with van der Waals surface area (Å²) in [5.74, 6) is -0.390. The Kier molecular flexibility index (Phi) is 4.21. The van der Waals surface area contributed by atoms with E-state index in [1.54, 1.807) is 0 Å². The van der Waals surface area contributed by atoms with E-state index in [2.05, 4.69) is 20.7 Å². The zero-order valence-corrected chi connectivity index (χ0v) is 14.1. The second kappa shape index (κ2) is 5.31. The summed E-state index contributed by atoms with van der Waals surface area (Å²) < 4.78 is 53.0. The number of benzene rings is 1. The molecule has 0 atom stereocenters. The number of halogens is 4. The lowest BCUT2D eigenvalue weighted by atomic mass is 9.78. The third kappa shape index (κ3) is 3.36. The quantitative estimate of drug-likeness (QED) is 0.631. The Balaban J connectivity index is 2.40. The van der Waals surface area contributed by atoms with Crippen LogP contribution in [0.5, 0.6) is 5.75 Å². The van der Waals surface area contributed by atoms with E-state index in [0.717, 1.165) is 6.07 Å². The van der Waals surface area contributed by atoms with Gasteiger partial charge in [-0.1, -0.05) is 0 Å². The molecule has 0 bridgehead atoms. The number of nitrogens with two attached hydrogens (primary N) is 1. The van der Waals surface area contributed by atoms with Gasteiger partial charge in [0, 0.05) is 15.6 Å². The third-order valence-electron chi connectivity index (χ3n) is 3.88. The number of hydrogen-bond acceptors (Lipinski definition) is 4. The minimum Gasteiger partial charge on any atom is -0.406 e. The first kappa shape index (κ1) is 17.4. The van der Waals surface area contributed by atoms with Crippen molar-refractivity contribution in [2.24, 2.45) is 0 Å². The van der Waals surface area contributed by atoms with Crippen molar-refractivity contribution in [3.63, 3.8) is 0 Å². The van der Waals surface area contributed by atoms with Crippen molar-refractivity contribution in [2.75, 3.05) is 5.73 Å². The number of hydrogen-bond donors (Lipinski definition) is 1. The van der Waals surface area contributed by atoms with Gasteiger partial charge in [0.15, 0.2) is 0 Å². The first-order valence-electron chi connectivity index (χ1n) is 6.53. The summed E-state index contributed by atoms with van der Waals surface area (Å²) >= 11 is 3.13. The summed E-state index contributed by atoms with van der Waals surface area (Å²) in [6, 6.07) is 2.33. The highest BCUT2D eigenvalue weighted by Gasteiger charge is 2.52. The van der Waals surface area contributed by atoms with E-state index < -0.39 is 30.4 Å². The van der Waals surface area contributed by atoms with Gasteiger partial charge < -0.3 is 19.8 Å². The molecule has 4 nitrogen and oxygen atoms in total. The first-order chi connectivity index (χ1) is 9.82. The first-order valence-corrected chi connectivity index (χ1v) is 7.32. The zero-order valence-electron chi connectivity index (χ0n) is 12.5. The highest BCUT2D eigenvalue weighted by Crippen LogP contribution is 2.38. The average Bonchev–Trinajstić information content (AvgIpc) is 2.50. The molecule has 1 aromatic carbocycles. The Morgan fingerprint density at radius 3 is 2.09 bits per heavy atom. The van der Waals surface area contributed by atoms with Crippen LogP contribution in [0.2, 0.25) is 0 Å². The van der Waals surface area contributed by atoms with Crippen LogP contribution in [-0.2, 0) is 9.31 Å². The highest BCUT2D eigenvalue weighted by atomic mass is 79.9. The van der Waals surface area contributed by atoms with Crippen molar-refractivity contribution in [2.45, 2.75) is 45.3 Å². The summed E-state index contributed by atoms with van der Waals surface area (Å²) in [4.78, 5) is 0. The molecule has 1 aliphatic rings. The summed E-state index contributed by atoms with van der Waals surface area (Å²) in [5, 5.41) is 0. The SMILES string of the molecule is CC1(C)OB(c2cc(OC(F)(F)F)cc(Br)c2N)OC1(C)C. The van der Waals surface area contributed by atoms with E-state index in [9.17, 15) is 13.2 Å². The Bertz CT molecular complexity index is 577. The lowest BCUT2D eigenvalue weighted by Crippen LogP contribution is -2.41. The van der Waals surface area contributed by atoms with E-state index in [1.807, 2.05) is 27.7 Å². The van der Waals surface area contributed by atoms with Crippen LogP contribution in [0, 0.1) is 0 Å². The van der Waals surface area contributed by atoms with Gasteiger partial charge in [-0.05, 0) is 55.8 Å². The molecule has 2 rings (SSSR count). The van der Waals surface area contributed by atoms with Crippen LogP contribution in [0.25, 0.3) is 0 Å². The van der Waals surface area contributed by atoms with Crippen molar-refractivity contribution >= 4 is 34.2 Å². The van der Waals surface area contributed by atoms with Crippen molar-refractivity contribution in [1.29, 1.82) is 0 Å². The second-order valence-corrected chi connectivity index (χ2v) is 6.90. The molecule has 1 aliphatic heterocycles. The fraction of sp³-hybridized carbons (Fsp3) is 0.538. The molecule has 1 aromatic rings. The molecule has 1 fully saturated rings. The van der Waals surface area contributed by atoms with E-state index in [0.29, 0.717) is 0 Å². The predicted molar refractivity (Wildman–Crippen MR) is 81.0 cm³/mol. The molecular formula is C13H16BBrF3NO3. The van der Waals surface area contributed by atoms with Crippen molar-refractivity contribution in [3.05, 3.63) is 16.6 Å². The van der Waals surface area contributed by atoms with E-state index in [4.69, 9.17) is 15.0 Å². The van der Waals surface area contributed by atoms with Crippen molar-refractivity contribution < 1.29 is 27.2 Å². The lowest BCUT2D eigenvalue weighted by Gasteiger charge is -2.32. The number of nitrogen functional groups attached to an aromatic ring is 1. The van der Waals surface area contributed by atoms with Crippen LogP contribution in [0.1, 0.15) is 27.7 Å². The van der Waals surface area contributed by atoms with Crippen molar-refractivity contribution in [3.8, 4) is 5.75 Å². The molecule has 0 unspecified atom stereocenters. The van der Waals surface area contributed by atoms with Crippen LogP contribution >= 0.6 is 15.9 Å². The maximum Gasteiger partial charge on any atom is 0.573 e. The third-order valence-corrected chi connectivity index (χ3v) is 4.53. The Hall–Kier alpha value is -0.925.